The molecule has 4 nitrogen and oxygen atoms in total. The highest BCUT2D eigenvalue weighted by Crippen LogP contribution is 1.99. The molecule has 0 spiro atoms. The van der Waals surface area contributed by atoms with Crippen molar-refractivity contribution in [2.45, 2.75) is 46.3 Å². The Morgan fingerprint density at radius 2 is 1.65 bits per heavy atom. The molecule has 17 heavy (non-hydrogen) atoms. The fraction of sp³-hybridized carbons (Fsp3) is 1.00. The molecular weight excluding hydrogens is 218 g/mol. The first kappa shape index (κ1) is 16.8. The number of rotatable bonds is 13. The molecule has 0 saturated heterocycles. The molecule has 0 aliphatic heterocycles. The van der Waals surface area contributed by atoms with Crippen LogP contribution in [0, 0.1) is 0 Å². The fourth-order valence-electron chi connectivity index (χ4n) is 1.42. The highest BCUT2D eigenvalue weighted by molar-refractivity contribution is 4.51. The van der Waals surface area contributed by atoms with Crippen LogP contribution in [-0.2, 0) is 14.2 Å². The third kappa shape index (κ3) is 12.1. The van der Waals surface area contributed by atoms with Crippen molar-refractivity contribution in [1.29, 1.82) is 0 Å². The molecule has 0 unspecified atom stereocenters. The average Bonchev–Trinajstić information content (AvgIpc) is 2.33. The van der Waals surface area contributed by atoms with Gasteiger partial charge in [0.2, 0.25) is 0 Å². The molecule has 0 aromatic rings. The summed E-state index contributed by atoms with van der Waals surface area (Å²) in [5.41, 5.74) is 0. The lowest BCUT2D eigenvalue weighted by Gasteiger charge is -2.16. The van der Waals surface area contributed by atoms with E-state index in [0.29, 0.717) is 13.2 Å². The molecule has 4 heteroatoms. The van der Waals surface area contributed by atoms with E-state index in [1.54, 1.807) is 0 Å². The van der Waals surface area contributed by atoms with Crippen LogP contribution in [-0.4, -0.2) is 45.8 Å². The minimum absolute atomic E-state index is 0.0708. The lowest BCUT2D eigenvalue weighted by Crippen LogP contribution is -2.27. The van der Waals surface area contributed by atoms with Crippen LogP contribution in [0.1, 0.15) is 40.0 Å². The third-order valence-electron chi connectivity index (χ3n) is 2.33. The van der Waals surface area contributed by atoms with E-state index in [-0.39, 0.29) is 6.29 Å². The molecule has 0 amide bonds. The van der Waals surface area contributed by atoms with Gasteiger partial charge in [-0.25, -0.2) is 0 Å². The van der Waals surface area contributed by atoms with Crippen LogP contribution >= 0.6 is 0 Å². The summed E-state index contributed by atoms with van der Waals surface area (Å²) in [6, 6.07) is 0. The lowest BCUT2D eigenvalue weighted by molar-refractivity contribution is -0.138. The van der Waals surface area contributed by atoms with Gasteiger partial charge in [0.05, 0.1) is 6.61 Å². The summed E-state index contributed by atoms with van der Waals surface area (Å²) in [6.07, 6.45) is 3.16. The van der Waals surface area contributed by atoms with Crippen molar-refractivity contribution in [2.75, 3.05) is 39.5 Å². The number of ether oxygens (including phenoxy) is 3. The summed E-state index contributed by atoms with van der Waals surface area (Å²) < 4.78 is 16.3. The Labute approximate surface area is 106 Å². The van der Waals surface area contributed by atoms with E-state index >= 15 is 0 Å². The smallest absolute Gasteiger partial charge is 0.158 e. The van der Waals surface area contributed by atoms with Crippen molar-refractivity contribution in [1.82, 2.24) is 5.32 Å². The normalized spacial score (nSPS) is 11.3. The van der Waals surface area contributed by atoms with E-state index in [2.05, 4.69) is 12.2 Å². The van der Waals surface area contributed by atoms with Crippen LogP contribution in [0.4, 0.5) is 0 Å². The molecule has 0 fully saturated rings. The fourth-order valence-corrected chi connectivity index (χ4v) is 1.42. The summed E-state index contributed by atoms with van der Waals surface area (Å²) in [5, 5.41) is 3.32. The van der Waals surface area contributed by atoms with Crippen LogP contribution in [0.3, 0.4) is 0 Å². The molecule has 0 aromatic carbocycles. The summed E-state index contributed by atoms with van der Waals surface area (Å²) in [7, 11) is 0. The predicted molar refractivity (Wildman–Crippen MR) is 70.3 cm³/mol. The van der Waals surface area contributed by atoms with E-state index in [0.717, 1.165) is 39.1 Å². The van der Waals surface area contributed by atoms with Gasteiger partial charge in [0.25, 0.3) is 0 Å². The van der Waals surface area contributed by atoms with Crippen molar-refractivity contribution in [3.05, 3.63) is 0 Å². The quantitative estimate of drug-likeness (QED) is 0.400. The Morgan fingerprint density at radius 3 is 2.24 bits per heavy atom. The van der Waals surface area contributed by atoms with Gasteiger partial charge in [-0.05, 0) is 20.3 Å². The van der Waals surface area contributed by atoms with Gasteiger partial charge in [-0.3, -0.25) is 0 Å². The van der Waals surface area contributed by atoms with Crippen molar-refractivity contribution < 1.29 is 14.2 Å². The molecule has 0 bridgehead atoms. The number of hydrogen-bond donors (Lipinski definition) is 1. The van der Waals surface area contributed by atoms with E-state index in [9.17, 15) is 0 Å². The van der Waals surface area contributed by atoms with Crippen LogP contribution in [0.2, 0.25) is 0 Å². The Morgan fingerprint density at radius 1 is 0.941 bits per heavy atom. The van der Waals surface area contributed by atoms with Gasteiger partial charge < -0.3 is 19.5 Å². The second kappa shape index (κ2) is 13.9. The molecular formula is C13H29NO3. The second-order valence-corrected chi connectivity index (χ2v) is 3.84. The van der Waals surface area contributed by atoms with Gasteiger partial charge in [0.1, 0.15) is 0 Å². The highest BCUT2D eigenvalue weighted by Gasteiger charge is 2.06. The molecule has 0 radical (unpaired) electrons. The predicted octanol–water partition coefficient (Wildman–Crippen LogP) is 2.18. The summed E-state index contributed by atoms with van der Waals surface area (Å²) in [6.45, 7) is 11.0. The first-order valence-electron chi connectivity index (χ1n) is 6.86. The Bertz CT molecular complexity index is 139. The van der Waals surface area contributed by atoms with Crippen molar-refractivity contribution in [3.63, 3.8) is 0 Å². The molecule has 0 saturated carbocycles. The molecule has 1 N–H and O–H groups in total. The van der Waals surface area contributed by atoms with Crippen LogP contribution < -0.4 is 5.32 Å². The number of unbranched alkanes of at least 4 members (excludes halogenated alkanes) is 1. The van der Waals surface area contributed by atoms with Gasteiger partial charge in [0, 0.05) is 39.3 Å². The Hall–Kier alpha value is -0.160. The molecule has 0 aliphatic carbocycles. The zero-order valence-corrected chi connectivity index (χ0v) is 11.7. The highest BCUT2D eigenvalue weighted by atomic mass is 16.7. The Kier molecular flexibility index (Phi) is 13.8. The standard InChI is InChI=1S/C13H29NO3/c1-4-7-11-15-12-10-14-9-8-13(16-5-2)17-6-3/h13-14H,4-12H2,1-3H3. The maximum atomic E-state index is 5.45. The maximum absolute atomic E-state index is 5.45. The molecule has 0 atom stereocenters. The SMILES string of the molecule is CCCCOCCNCCC(OCC)OCC. The molecule has 0 aromatic heterocycles. The maximum Gasteiger partial charge on any atom is 0.158 e. The monoisotopic (exact) mass is 247 g/mol. The second-order valence-electron chi connectivity index (χ2n) is 3.84. The zero-order valence-electron chi connectivity index (χ0n) is 11.7. The lowest BCUT2D eigenvalue weighted by atomic mass is 10.4. The number of hydrogen-bond acceptors (Lipinski definition) is 4. The molecule has 104 valence electrons. The van der Waals surface area contributed by atoms with Gasteiger partial charge in [-0.2, -0.15) is 0 Å². The zero-order chi connectivity index (χ0) is 12.8. The van der Waals surface area contributed by atoms with Gasteiger partial charge in [0.15, 0.2) is 6.29 Å². The molecule has 0 heterocycles. The van der Waals surface area contributed by atoms with Crippen molar-refractivity contribution >= 4 is 0 Å². The van der Waals surface area contributed by atoms with E-state index in [1.165, 1.54) is 6.42 Å². The molecule has 0 aliphatic rings. The van der Waals surface area contributed by atoms with Gasteiger partial charge in [-0.15, -0.1) is 0 Å². The summed E-state index contributed by atoms with van der Waals surface area (Å²) >= 11 is 0. The Balaban J connectivity index is 3.23. The largest absolute Gasteiger partial charge is 0.380 e. The van der Waals surface area contributed by atoms with E-state index in [4.69, 9.17) is 14.2 Å². The van der Waals surface area contributed by atoms with E-state index in [1.807, 2.05) is 13.8 Å². The number of nitrogens with one attached hydrogen (secondary N) is 1. The summed E-state index contributed by atoms with van der Waals surface area (Å²) in [4.78, 5) is 0. The van der Waals surface area contributed by atoms with Gasteiger partial charge >= 0.3 is 0 Å². The minimum atomic E-state index is -0.0708. The average molecular weight is 247 g/mol. The minimum Gasteiger partial charge on any atom is -0.380 e. The molecule has 0 rings (SSSR count). The van der Waals surface area contributed by atoms with Crippen LogP contribution in [0.5, 0.6) is 0 Å². The van der Waals surface area contributed by atoms with E-state index < -0.39 is 0 Å². The van der Waals surface area contributed by atoms with Gasteiger partial charge in [-0.1, -0.05) is 13.3 Å². The van der Waals surface area contributed by atoms with Crippen LogP contribution in [0.25, 0.3) is 0 Å². The van der Waals surface area contributed by atoms with Crippen molar-refractivity contribution in [3.8, 4) is 0 Å². The topological polar surface area (TPSA) is 39.7 Å². The van der Waals surface area contributed by atoms with Crippen LogP contribution in [0.15, 0.2) is 0 Å². The first-order chi connectivity index (χ1) is 8.35. The van der Waals surface area contributed by atoms with Crippen molar-refractivity contribution in [2.24, 2.45) is 0 Å². The third-order valence-corrected chi connectivity index (χ3v) is 2.33. The summed E-state index contributed by atoms with van der Waals surface area (Å²) in [5.74, 6) is 0. The first-order valence-corrected chi connectivity index (χ1v) is 6.86.